The second-order valence-corrected chi connectivity index (χ2v) is 7.48. The zero-order valence-electron chi connectivity index (χ0n) is 16.3. The van der Waals surface area contributed by atoms with Crippen molar-refractivity contribution in [1.82, 2.24) is 15.0 Å². The number of alkyl halides is 3. The Kier molecular flexibility index (Phi) is 5.21. The van der Waals surface area contributed by atoms with Crippen LogP contribution in [0.5, 0.6) is 5.75 Å². The third-order valence-electron chi connectivity index (χ3n) is 5.34. The van der Waals surface area contributed by atoms with E-state index in [4.69, 9.17) is 9.26 Å². The van der Waals surface area contributed by atoms with Crippen LogP contribution in [0.25, 0.3) is 11.1 Å². The number of rotatable bonds is 4. The summed E-state index contributed by atoms with van der Waals surface area (Å²) in [7, 11) is 1.62. The number of aromatic nitrogens is 2. The molecule has 0 unspecified atom stereocenters. The fourth-order valence-electron chi connectivity index (χ4n) is 4.05. The summed E-state index contributed by atoms with van der Waals surface area (Å²) < 4.78 is 51.4. The number of likely N-dealkylation sites (tertiary alicyclic amines) is 1. The molecule has 0 spiro atoms. The number of halogens is 3. The lowest BCUT2D eigenvalue weighted by molar-refractivity contribution is -0.136. The average Bonchev–Trinajstić information content (AvgIpc) is 3.10. The number of methoxy groups -OCH3 is 1. The summed E-state index contributed by atoms with van der Waals surface area (Å²) in [6.45, 7) is 3.72. The number of nitrogens with zero attached hydrogens (tertiary/aromatic N) is 3. The second-order valence-electron chi connectivity index (χ2n) is 7.48. The molecule has 1 aliphatic rings. The molecule has 3 aromatic rings. The van der Waals surface area contributed by atoms with Crippen LogP contribution in [-0.2, 0) is 12.7 Å². The van der Waals surface area contributed by atoms with Gasteiger partial charge in [-0.25, -0.2) is 4.98 Å². The predicted octanol–water partition coefficient (Wildman–Crippen LogP) is 4.94. The molecule has 5 nitrogen and oxygen atoms in total. The maximum atomic E-state index is 13.6. The summed E-state index contributed by atoms with van der Waals surface area (Å²) in [6.07, 6.45) is -2.84. The molecule has 1 saturated heterocycles. The molecule has 2 aromatic heterocycles. The van der Waals surface area contributed by atoms with Gasteiger partial charge in [-0.15, -0.1) is 0 Å². The number of hydrogen-bond donors (Lipinski definition) is 0. The SMILES string of the molecule is COc1cccc(CN2CCC[C@@H](c3noc4nc(C)cc(C(F)(F)F)c34)C2)c1. The highest BCUT2D eigenvalue weighted by Gasteiger charge is 2.37. The van der Waals surface area contributed by atoms with Crippen molar-refractivity contribution in [3.05, 3.63) is 52.8 Å². The maximum Gasteiger partial charge on any atom is 0.417 e. The molecule has 8 heteroatoms. The lowest BCUT2D eigenvalue weighted by Crippen LogP contribution is -2.34. The minimum Gasteiger partial charge on any atom is -0.497 e. The van der Waals surface area contributed by atoms with Crippen LogP contribution >= 0.6 is 0 Å². The summed E-state index contributed by atoms with van der Waals surface area (Å²) in [5.74, 6) is 0.649. The van der Waals surface area contributed by atoms with Crippen molar-refractivity contribution in [3.63, 3.8) is 0 Å². The molecule has 0 bridgehead atoms. The summed E-state index contributed by atoms with van der Waals surface area (Å²) in [5.41, 5.74) is 0.952. The normalized spacial score (nSPS) is 18.3. The summed E-state index contributed by atoms with van der Waals surface area (Å²) in [6, 6.07) is 8.89. The number of pyridine rings is 1. The predicted molar refractivity (Wildman–Crippen MR) is 102 cm³/mol. The Morgan fingerprint density at radius 1 is 1.28 bits per heavy atom. The van der Waals surface area contributed by atoms with Gasteiger partial charge in [0, 0.05) is 24.7 Å². The van der Waals surface area contributed by atoms with Crippen molar-refractivity contribution in [2.45, 2.75) is 38.4 Å². The smallest absolute Gasteiger partial charge is 0.417 e. The van der Waals surface area contributed by atoms with Gasteiger partial charge in [0.2, 0.25) is 0 Å². The van der Waals surface area contributed by atoms with Gasteiger partial charge in [-0.05, 0) is 50.1 Å². The highest BCUT2D eigenvalue weighted by molar-refractivity contribution is 5.81. The molecule has 0 saturated carbocycles. The fraction of sp³-hybridized carbons (Fsp3) is 0.429. The van der Waals surface area contributed by atoms with E-state index in [1.807, 2.05) is 24.3 Å². The fourth-order valence-corrected chi connectivity index (χ4v) is 4.05. The Hall–Kier alpha value is -2.61. The first-order valence-electron chi connectivity index (χ1n) is 9.54. The zero-order chi connectivity index (χ0) is 20.6. The van der Waals surface area contributed by atoms with E-state index in [0.717, 1.165) is 36.8 Å². The minimum absolute atomic E-state index is 0.00340. The Morgan fingerprint density at radius 3 is 2.86 bits per heavy atom. The molecule has 29 heavy (non-hydrogen) atoms. The lowest BCUT2D eigenvalue weighted by Gasteiger charge is -2.32. The molecular formula is C21H22F3N3O2. The van der Waals surface area contributed by atoms with Crippen LogP contribution in [-0.4, -0.2) is 35.2 Å². The van der Waals surface area contributed by atoms with Crippen molar-refractivity contribution in [2.75, 3.05) is 20.2 Å². The largest absolute Gasteiger partial charge is 0.497 e. The van der Waals surface area contributed by atoms with Crippen LogP contribution < -0.4 is 4.74 Å². The molecule has 1 aromatic carbocycles. The van der Waals surface area contributed by atoms with Crippen molar-refractivity contribution >= 4 is 11.1 Å². The van der Waals surface area contributed by atoms with Crippen LogP contribution in [0.3, 0.4) is 0 Å². The Morgan fingerprint density at radius 2 is 2.10 bits per heavy atom. The molecule has 0 N–H and O–H groups in total. The van der Waals surface area contributed by atoms with Crippen LogP contribution in [0.1, 0.15) is 41.3 Å². The van der Waals surface area contributed by atoms with Gasteiger partial charge >= 0.3 is 6.18 Å². The maximum absolute atomic E-state index is 13.6. The molecular weight excluding hydrogens is 383 g/mol. The van der Waals surface area contributed by atoms with Gasteiger partial charge in [-0.2, -0.15) is 13.2 Å². The van der Waals surface area contributed by atoms with E-state index < -0.39 is 11.7 Å². The van der Waals surface area contributed by atoms with Crippen LogP contribution in [0.15, 0.2) is 34.9 Å². The number of hydrogen-bond acceptors (Lipinski definition) is 5. The van der Waals surface area contributed by atoms with Crippen molar-refractivity contribution < 1.29 is 22.4 Å². The topological polar surface area (TPSA) is 51.4 Å². The molecule has 1 aliphatic heterocycles. The first kappa shape index (κ1) is 19.7. The number of benzene rings is 1. The van der Waals surface area contributed by atoms with Crippen LogP contribution in [0.4, 0.5) is 13.2 Å². The van der Waals surface area contributed by atoms with E-state index in [9.17, 15) is 13.2 Å². The molecule has 154 valence electrons. The highest BCUT2D eigenvalue weighted by Crippen LogP contribution is 2.40. The monoisotopic (exact) mass is 405 g/mol. The van der Waals surface area contributed by atoms with Crippen molar-refractivity contribution in [1.29, 1.82) is 0 Å². The van der Waals surface area contributed by atoms with Gasteiger partial charge in [-0.3, -0.25) is 4.90 Å². The molecule has 0 aliphatic carbocycles. The summed E-state index contributed by atoms with van der Waals surface area (Å²) >= 11 is 0. The summed E-state index contributed by atoms with van der Waals surface area (Å²) in [5, 5.41) is 4.02. The minimum atomic E-state index is -4.48. The van der Waals surface area contributed by atoms with E-state index >= 15 is 0 Å². The standard InChI is InChI=1S/C21H22F3N3O2/c1-13-9-17(21(22,23)24)18-19(26-29-20(18)25-13)15-6-4-8-27(12-15)11-14-5-3-7-16(10-14)28-2/h3,5,7,9-10,15H,4,6,8,11-12H2,1-2H3/t15-/m1/s1. The van der Waals surface area contributed by atoms with Gasteiger partial charge in [0.1, 0.15) is 5.75 Å². The molecule has 0 amide bonds. The molecule has 0 radical (unpaired) electrons. The van der Waals surface area contributed by atoms with Gasteiger partial charge in [0.05, 0.1) is 23.8 Å². The van der Waals surface area contributed by atoms with Crippen LogP contribution in [0, 0.1) is 6.92 Å². The zero-order valence-corrected chi connectivity index (χ0v) is 16.3. The van der Waals surface area contributed by atoms with E-state index in [0.29, 0.717) is 18.8 Å². The quantitative estimate of drug-likeness (QED) is 0.616. The summed E-state index contributed by atoms with van der Waals surface area (Å²) in [4.78, 5) is 6.35. The van der Waals surface area contributed by atoms with E-state index in [1.165, 1.54) is 6.92 Å². The number of aryl methyl sites for hydroxylation is 1. The second kappa shape index (κ2) is 7.67. The molecule has 1 fully saturated rings. The van der Waals surface area contributed by atoms with Gasteiger partial charge in [-0.1, -0.05) is 17.3 Å². The van der Waals surface area contributed by atoms with Crippen molar-refractivity contribution in [3.8, 4) is 5.75 Å². The first-order chi connectivity index (χ1) is 13.8. The third kappa shape index (κ3) is 4.07. The van der Waals surface area contributed by atoms with E-state index in [1.54, 1.807) is 7.11 Å². The molecule has 4 rings (SSSR count). The Balaban J connectivity index is 1.62. The van der Waals surface area contributed by atoms with Gasteiger partial charge in [0.15, 0.2) is 0 Å². The highest BCUT2D eigenvalue weighted by atomic mass is 19.4. The Labute approximate surface area is 166 Å². The average molecular weight is 405 g/mol. The van der Waals surface area contributed by atoms with Crippen molar-refractivity contribution in [2.24, 2.45) is 0 Å². The Bertz CT molecular complexity index is 1020. The first-order valence-corrected chi connectivity index (χ1v) is 9.54. The molecule has 3 heterocycles. The molecule has 1 atom stereocenters. The third-order valence-corrected chi connectivity index (χ3v) is 5.34. The van der Waals surface area contributed by atoms with E-state index in [-0.39, 0.29) is 22.7 Å². The number of ether oxygens (including phenoxy) is 1. The lowest BCUT2D eigenvalue weighted by atomic mass is 9.91. The number of piperidine rings is 1. The van der Waals surface area contributed by atoms with E-state index in [2.05, 4.69) is 15.0 Å². The van der Waals surface area contributed by atoms with Crippen LogP contribution in [0.2, 0.25) is 0 Å². The van der Waals surface area contributed by atoms with Gasteiger partial charge in [0.25, 0.3) is 5.71 Å². The van der Waals surface area contributed by atoms with Gasteiger partial charge < -0.3 is 9.26 Å². The number of fused-ring (bicyclic) bond motifs is 1.